The van der Waals surface area contributed by atoms with E-state index in [2.05, 4.69) is 26.6 Å². The van der Waals surface area contributed by atoms with Crippen LogP contribution in [-0.2, 0) is 9.59 Å². The second kappa shape index (κ2) is 8.12. The summed E-state index contributed by atoms with van der Waals surface area (Å²) in [4.78, 5) is 24.4. The van der Waals surface area contributed by atoms with Crippen LogP contribution >= 0.6 is 15.9 Å². The van der Waals surface area contributed by atoms with Gasteiger partial charge in [0.1, 0.15) is 0 Å². The van der Waals surface area contributed by atoms with Crippen LogP contribution in [0, 0.1) is 12.8 Å². The van der Waals surface area contributed by atoms with E-state index in [9.17, 15) is 9.59 Å². The van der Waals surface area contributed by atoms with E-state index in [1.807, 2.05) is 32.0 Å². The zero-order valence-corrected chi connectivity index (χ0v) is 15.9. The number of nitrogens with two attached hydrogens (primary N) is 1. The molecule has 0 spiro atoms. The normalized spacial score (nSPS) is 23.6. The summed E-state index contributed by atoms with van der Waals surface area (Å²) in [7, 11) is 0. The smallest absolute Gasteiger partial charge is 0.226 e. The van der Waals surface area contributed by atoms with Crippen molar-refractivity contribution < 1.29 is 9.59 Å². The van der Waals surface area contributed by atoms with Gasteiger partial charge in [0.2, 0.25) is 11.8 Å². The minimum Gasteiger partial charge on any atom is -0.355 e. The molecule has 0 bridgehead atoms. The second-order valence-electron chi connectivity index (χ2n) is 6.85. The van der Waals surface area contributed by atoms with Gasteiger partial charge in [-0.1, -0.05) is 34.8 Å². The van der Waals surface area contributed by atoms with Crippen molar-refractivity contribution in [3.8, 4) is 0 Å². The van der Waals surface area contributed by atoms with Crippen LogP contribution in [0.1, 0.15) is 44.6 Å². The van der Waals surface area contributed by atoms with Gasteiger partial charge in [0.15, 0.2) is 0 Å². The van der Waals surface area contributed by atoms with Crippen molar-refractivity contribution in [2.45, 2.75) is 51.5 Å². The van der Waals surface area contributed by atoms with Gasteiger partial charge < -0.3 is 16.4 Å². The molecule has 2 unspecified atom stereocenters. The molecule has 24 heavy (non-hydrogen) atoms. The minimum absolute atomic E-state index is 0.0360. The molecular formula is C18H26BrN3O2. The molecule has 2 atom stereocenters. The summed E-state index contributed by atoms with van der Waals surface area (Å²) in [6.07, 6.45) is 4.04. The van der Waals surface area contributed by atoms with Gasteiger partial charge in [0.25, 0.3) is 0 Å². The van der Waals surface area contributed by atoms with Crippen LogP contribution in [-0.4, -0.2) is 23.9 Å². The molecule has 0 heterocycles. The lowest BCUT2D eigenvalue weighted by atomic mass is 9.74. The van der Waals surface area contributed by atoms with E-state index in [0.717, 1.165) is 41.4 Å². The van der Waals surface area contributed by atoms with Crippen LogP contribution in [0.15, 0.2) is 22.7 Å². The van der Waals surface area contributed by atoms with Crippen molar-refractivity contribution in [1.29, 1.82) is 0 Å². The first-order valence-corrected chi connectivity index (χ1v) is 9.21. The molecule has 2 rings (SSSR count). The summed E-state index contributed by atoms with van der Waals surface area (Å²) < 4.78 is 0.913. The molecule has 0 aromatic heterocycles. The highest BCUT2D eigenvalue weighted by molar-refractivity contribution is 9.10. The number of benzene rings is 1. The molecule has 0 radical (unpaired) electrons. The molecule has 4 N–H and O–H groups in total. The number of amides is 2. The fourth-order valence-corrected chi connectivity index (χ4v) is 3.51. The molecule has 5 nitrogen and oxygen atoms in total. The maximum absolute atomic E-state index is 12.3. The van der Waals surface area contributed by atoms with Crippen LogP contribution in [0.2, 0.25) is 0 Å². The third-order valence-electron chi connectivity index (χ3n) is 4.70. The lowest BCUT2D eigenvalue weighted by Gasteiger charge is -2.37. The van der Waals surface area contributed by atoms with E-state index in [1.165, 1.54) is 0 Å². The maximum atomic E-state index is 12.3. The molecular weight excluding hydrogens is 370 g/mol. The number of aryl methyl sites for hydroxylation is 1. The van der Waals surface area contributed by atoms with Crippen molar-refractivity contribution in [2.24, 2.45) is 11.7 Å². The van der Waals surface area contributed by atoms with Crippen LogP contribution in [0.25, 0.3) is 0 Å². The molecule has 2 amide bonds. The molecule has 1 aromatic carbocycles. The van der Waals surface area contributed by atoms with Crippen molar-refractivity contribution in [3.05, 3.63) is 28.2 Å². The Labute approximate surface area is 151 Å². The van der Waals surface area contributed by atoms with Gasteiger partial charge in [-0.15, -0.1) is 0 Å². The number of hydrogen-bond donors (Lipinski definition) is 3. The van der Waals surface area contributed by atoms with E-state index in [0.29, 0.717) is 6.54 Å². The van der Waals surface area contributed by atoms with Crippen molar-refractivity contribution in [1.82, 2.24) is 5.32 Å². The molecule has 1 aromatic rings. The van der Waals surface area contributed by atoms with E-state index in [1.54, 1.807) is 0 Å². The molecule has 1 fully saturated rings. The summed E-state index contributed by atoms with van der Waals surface area (Å²) in [5.74, 6) is -0.316. The number of carbonyl (C=O) groups excluding carboxylic acids is 2. The Hall–Kier alpha value is -1.40. The van der Waals surface area contributed by atoms with E-state index in [4.69, 9.17) is 5.73 Å². The summed E-state index contributed by atoms with van der Waals surface area (Å²) in [5, 5.41) is 5.74. The fourth-order valence-electron chi connectivity index (χ4n) is 3.15. The minimum atomic E-state index is -0.446. The Balaban J connectivity index is 1.80. The van der Waals surface area contributed by atoms with Crippen molar-refractivity contribution >= 4 is 33.4 Å². The maximum Gasteiger partial charge on any atom is 0.226 e. The standard InChI is InChI=1S/C18H26BrN3O2/c1-12-6-7-13(19)11-15(12)22-16(23)8-10-21-17(24)14-5-3-4-9-18(14,2)20/h6-7,11,14H,3-5,8-10,20H2,1-2H3,(H,21,24)(H,22,23). The number of halogens is 1. The SMILES string of the molecule is Cc1ccc(Br)cc1NC(=O)CCNC(=O)C1CCCCC1(C)N. The number of hydrogen-bond acceptors (Lipinski definition) is 3. The van der Waals surface area contributed by atoms with Gasteiger partial charge in [-0.2, -0.15) is 0 Å². The van der Waals surface area contributed by atoms with Gasteiger partial charge in [0.05, 0.1) is 5.92 Å². The average Bonchev–Trinajstić information content (AvgIpc) is 2.50. The Morgan fingerprint density at radius 3 is 2.83 bits per heavy atom. The van der Waals surface area contributed by atoms with Gasteiger partial charge >= 0.3 is 0 Å². The van der Waals surface area contributed by atoms with Crippen molar-refractivity contribution in [2.75, 3.05) is 11.9 Å². The zero-order valence-electron chi connectivity index (χ0n) is 14.3. The van der Waals surface area contributed by atoms with Gasteiger partial charge in [-0.05, 0) is 44.4 Å². The van der Waals surface area contributed by atoms with Gasteiger partial charge in [0, 0.05) is 28.7 Å². The molecule has 0 saturated heterocycles. The topological polar surface area (TPSA) is 84.2 Å². The molecule has 1 aliphatic rings. The first-order chi connectivity index (χ1) is 11.3. The molecule has 132 valence electrons. The zero-order chi connectivity index (χ0) is 17.7. The Kier molecular flexibility index (Phi) is 6.40. The molecule has 6 heteroatoms. The van der Waals surface area contributed by atoms with Crippen LogP contribution in [0.3, 0.4) is 0 Å². The lowest BCUT2D eigenvalue weighted by molar-refractivity contribution is -0.128. The highest BCUT2D eigenvalue weighted by Gasteiger charge is 2.37. The Morgan fingerprint density at radius 1 is 1.38 bits per heavy atom. The summed E-state index contributed by atoms with van der Waals surface area (Å²) >= 11 is 3.39. The molecule has 0 aliphatic heterocycles. The summed E-state index contributed by atoms with van der Waals surface area (Å²) in [6, 6.07) is 5.74. The third-order valence-corrected chi connectivity index (χ3v) is 5.19. The number of nitrogens with one attached hydrogen (secondary N) is 2. The first-order valence-electron chi connectivity index (χ1n) is 8.42. The Morgan fingerprint density at radius 2 is 2.12 bits per heavy atom. The van der Waals surface area contributed by atoms with E-state index >= 15 is 0 Å². The third kappa shape index (κ3) is 5.05. The highest BCUT2D eigenvalue weighted by Crippen LogP contribution is 2.31. The quantitative estimate of drug-likeness (QED) is 0.715. The predicted molar refractivity (Wildman–Crippen MR) is 99.7 cm³/mol. The van der Waals surface area contributed by atoms with E-state index < -0.39 is 5.54 Å². The Bertz CT molecular complexity index is 616. The van der Waals surface area contributed by atoms with E-state index in [-0.39, 0.29) is 24.2 Å². The van der Waals surface area contributed by atoms with Crippen molar-refractivity contribution in [3.63, 3.8) is 0 Å². The fraction of sp³-hybridized carbons (Fsp3) is 0.556. The second-order valence-corrected chi connectivity index (χ2v) is 7.77. The summed E-state index contributed by atoms with van der Waals surface area (Å²) in [5.41, 5.74) is 7.57. The highest BCUT2D eigenvalue weighted by atomic mass is 79.9. The number of anilines is 1. The van der Waals surface area contributed by atoms with Crippen LogP contribution in [0.4, 0.5) is 5.69 Å². The number of rotatable bonds is 5. The van der Waals surface area contributed by atoms with Crippen LogP contribution in [0.5, 0.6) is 0 Å². The monoisotopic (exact) mass is 395 g/mol. The largest absolute Gasteiger partial charge is 0.355 e. The molecule has 1 saturated carbocycles. The first kappa shape index (κ1) is 18.9. The lowest BCUT2D eigenvalue weighted by Crippen LogP contribution is -2.53. The van der Waals surface area contributed by atoms with Gasteiger partial charge in [-0.25, -0.2) is 0 Å². The van der Waals surface area contributed by atoms with Gasteiger partial charge in [-0.3, -0.25) is 9.59 Å². The average molecular weight is 396 g/mol. The van der Waals surface area contributed by atoms with Crippen LogP contribution < -0.4 is 16.4 Å². The number of carbonyl (C=O) groups is 2. The molecule has 1 aliphatic carbocycles. The summed E-state index contributed by atoms with van der Waals surface area (Å²) in [6.45, 7) is 4.21. The predicted octanol–water partition coefficient (Wildman–Crippen LogP) is 3.11.